The van der Waals surface area contributed by atoms with Gasteiger partial charge in [-0.05, 0) is 26.0 Å². The Morgan fingerprint density at radius 3 is 2.54 bits per heavy atom. The van der Waals surface area contributed by atoms with Gasteiger partial charge in [-0.15, -0.1) is 0 Å². The predicted molar refractivity (Wildman–Crippen MR) is 97.1 cm³/mol. The fraction of sp³-hybridized carbons (Fsp3) is 0.167. The van der Waals surface area contributed by atoms with Gasteiger partial charge in [0, 0.05) is 16.8 Å². The third kappa shape index (κ3) is 2.50. The highest BCUT2D eigenvalue weighted by atomic mass is 32.2. The highest BCUT2D eigenvalue weighted by Crippen LogP contribution is 2.37. The summed E-state index contributed by atoms with van der Waals surface area (Å²) in [6.45, 7) is 3.12. The van der Waals surface area contributed by atoms with Crippen molar-refractivity contribution in [2.24, 2.45) is 0 Å². The van der Waals surface area contributed by atoms with E-state index in [-0.39, 0.29) is 16.3 Å². The third-order valence-electron chi connectivity index (χ3n) is 4.18. The van der Waals surface area contributed by atoms with E-state index in [1.54, 1.807) is 26.0 Å². The highest BCUT2D eigenvalue weighted by Gasteiger charge is 2.26. The number of benzene rings is 2. The minimum absolute atomic E-state index is 0.0178. The molecule has 134 valence electrons. The summed E-state index contributed by atoms with van der Waals surface area (Å²) in [4.78, 5) is 0.0178. The van der Waals surface area contributed by atoms with E-state index in [2.05, 4.69) is 9.88 Å². The summed E-state index contributed by atoms with van der Waals surface area (Å²) in [6, 6.07) is 11.0. The molecule has 4 rings (SSSR count). The van der Waals surface area contributed by atoms with Crippen molar-refractivity contribution in [3.63, 3.8) is 0 Å². The van der Waals surface area contributed by atoms with Crippen LogP contribution in [0.3, 0.4) is 0 Å². The van der Waals surface area contributed by atoms with Crippen LogP contribution >= 0.6 is 0 Å². The fourth-order valence-electron chi connectivity index (χ4n) is 3.05. The van der Waals surface area contributed by atoms with Gasteiger partial charge in [0.05, 0.1) is 12.8 Å². The standard InChI is InChI=1S/C18H16N2O5S/c1-10-18(11(2)25-19-10)26(21,22)20-14-9-16-13(8-17(14)23-3)12-6-4-5-7-15(12)24-16/h4-9,20H,1-3H3. The number of sulfonamides is 1. The maximum Gasteiger partial charge on any atom is 0.267 e. The molecular formula is C18H16N2O5S. The van der Waals surface area contributed by atoms with Gasteiger partial charge in [-0.1, -0.05) is 23.4 Å². The van der Waals surface area contributed by atoms with E-state index in [4.69, 9.17) is 13.7 Å². The Bertz CT molecular complexity index is 1220. The maximum absolute atomic E-state index is 12.8. The lowest BCUT2D eigenvalue weighted by molar-refractivity contribution is 0.390. The van der Waals surface area contributed by atoms with Crippen LogP contribution in [0.25, 0.3) is 21.9 Å². The number of aromatic nitrogens is 1. The summed E-state index contributed by atoms with van der Waals surface area (Å²) in [6.07, 6.45) is 0. The second-order valence-corrected chi connectivity index (χ2v) is 7.52. The largest absolute Gasteiger partial charge is 0.495 e. The van der Waals surface area contributed by atoms with Crippen molar-refractivity contribution in [1.82, 2.24) is 5.16 Å². The second kappa shape index (κ2) is 5.77. The molecule has 2 heterocycles. The van der Waals surface area contributed by atoms with E-state index in [9.17, 15) is 8.42 Å². The Balaban J connectivity index is 1.87. The molecule has 4 aromatic rings. The van der Waals surface area contributed by atoms with Gasteiger partial charge in [-0.25, -0.2) is 8.42 Å². The van der Waals surface area contributed by atoms with Crippen LogP contribution in [0.2, 0.25) is 0 Å². The Morgan fingerprint density at radius 1 is 1.08 bits per heavy atom. The summed E-state index contributed by atoms with van der Waals surface area (Å²) in [5.74, 6) is 0.609. The van der Waals surface area contributed by atoms with Crippen LogP contribution in [0.5, 0.6) is 5.75 Å². The number of aryl methyl sites for hydroxylation is 2. The molecule has 0 saturated carbocycles. The number of ether oxygens (including phenoxy) is 1. The van der Waals surface area contributed by atoms with Crippen LogP contribution < -0.4 is 9.46 Å². The molecule has 0 aliphatic rings. The monoisotopic (exact) mass is 372 g/mol. The summed E-state index contributed by atoms with van der Waals surface area (Å²) >= 11 is 0. The zero-order chi connectivity index (χ0) is 18.5. The smallest absolute Gasteiger partial charge is 0.267 e. The van der Waals surface area contributed by atoms with Crippen LogP contribution in [-0.4, -0.2) is 20.7 Å². The van der Waals surface area contributed by atoms with E-state index < -0.39 is 10.0 Å². The van der Waals surface area contributed by atoms with E-state index in [0.717, 1.165) is 16.4 Å². The van der Waals surface area contributed by atoms with Gasteiger partial charge in [0.1, 0.15) is 22.6 Å². The van der Waals surface area contributed by atoms with Crippen molar-refractivity contribution in [3.05, 3.63) is 47.9 Å². The Kier molecular flexibility index (Phi) is 3.66. The first-order chi connectivity index (χ1) is 12.4. The zero-order valence-electron chi connectivity index (χ0n) is 14.4. The zero-order valence-corrected chi connectivity index (χ0v) is 15.2. The van der Waals surface area contributed by atoms with Gasteiger partial charge < -0.3 is 13.7 Å². The molecule has 0 amide bonds. The van der Waals surface area contributed by atoms with E-state index in [0.29, 0.717) is 17.0 Å². The average molecular weight is 372 g/mol. The molecule has 0 unspecified atom stereocenters. The van der Waals surface area contributed by atoms with Crippen molar-refractivity contribution in [1.29, 1.82) is 0 Å². The van der Waals surface area contributed by atoms with Crippen LogP contribution in [0.4, 0.5) is 5.69 Å². The van der Waals surface area contributed by atoms with Crippen LogP contribution in [0.15, 0.2) is 50.2 Å². The quantitative estimate of drug-likeness (QED) is 0.582. The SMILES string of the molecule is COc1cc2c(cc1NS(=O)(=O)c1c(C)noc1C)oc1ccccc12. The van der Waals surface area contributed by atoms with E-state index in [1.807, 2.05) is 24.3 Å². The number of nitrogens with one attached hydrogen (secondary N) is 1. The lowest BCUT2D eigenvalue weighted by Crippen LogP contribution is -2.15. The maximum atomic E-state index is 12.8. The molecule has 1 N–H and O–H groups in total. The van der Waals surface area contributed by atoms with E-state index >= 15 is 0 Å². The van der Waals surface area contributed by atoms with Crippen molar-refractivity contribution in [2.45, 2.75) is 18.7 Å². The molecule has 0 aliphatic heterocycles. The number of methoxy groups -OCH3 is 1. The fourth-order valence-corrected chi connectivity index (χ4v) is 4.45. The first kappa shape index (κ1) is 16.5. The molecule has 26 heavy (non-hydrogen) atoms. The molecular weight excluding hydrogens is 356 g/mol. The number of nitrogens with zero attached hydrogens (tertiary/aromatic N) is 1. The molecule has 2 aromatic heterocycles. The summed E-state index contributed by atoms with van der Waals surface area (Å²) in [7, 11) is -2.41. The molecule has 0 saturated heterocycles. The van der Waals surface area contributed by atoms with Crippen molar-refractivity contribution >= 4 is 37.6 Å². The summed E-state index contributed by atoms with van der Waals surface area (Å²) in [5, 5.41) is 5.48. The number of fused-ring (bicyclic) bond motifs is 3. The topological polar surface area (TPSA) is 94.6 Å². The lowest BCUT2D eigenvalue weighted by Gasteiger charge is -2.11. The molecule has 7 nitrogen and oxygen atoms in total. The Labute approximate surface area is 149 Å². The number of rotatable bonds is 4. The van der Waals surface area contributed by atoms with Crippen LogP contribution in [0, 0.1) is 13.8 Å². The molecule has 2 aromatic carbocycles. The van der Waals surface area contributed by atoms with Gasteiger partial charge >= 0.3 is 0 Å². The first-order valence-electron chi connectivity index (χ1n) is 7.85. The number of hydrogen-bond donors (Lipinski definition) is 1. The predicted octanol–water partition coefficient (Wildman–Crippen LogP) is 4.00. The lowest BCUT2D eigenvalue weighted by atomic mass is 10.1. The second-order valence-electron chi connectivity index (χ2n) is 5.91. The first-order valence-corrected chi connectivity index (χ1v) is 9.34. The normalized spacial score (nSPS) is 12.0. The van der Waals surface area contributed by atoms with Gasteiger partial charge in [0.2, 0.25) is 0 Å². The Hall–Kier alpha value is -3.00. The van der Waals surface area contributed by atoms with E-state index in [1.165, 1.54) is 7.11 Å². The summed E-state index contributed by atoms with van der Waals surface area (Å²) < 4.78 is 44.3. The van der Waals surface area contributed by atoms with Gasteiger partial charge in [0.25, 0.3) is 10.0 Å². The molecule has 0 aliphatic carbocycles. The average Bonchev–Trinajstić information content (AvgIpc) is 3.13. The van der Waals surface area contributed by atoms with Crippen LogP contribution in [-0.2, 0) is 10.0 Å². The summed E-state index contributed by atoms with van der Waals surface area (Å²) in [5.41, 5.74) is 1.84. The van der Waals surface area contributed by atoms with Crippen molar-refractivity contribution in [2.75, 3.05) is 11.8 Å². The minimum Gasteiger partial charge on any atom is -0.495 e. The third-order valence-corrected chi connectivity index (χ3v) is 5.79. The molecule has 0 spiro atoms. The van der Waals surface area contributed by atoms with Crippen molar-refractivity contribution in [3.8, 4) is 5.75 Å². The molecule has 0 atom stereocenters. The molecule has 0 radical (unpaired) electrons. The molecule has 0 bridgehead atoms. The number of hydrogen-bond acceptors (Lipinski definition) is 6. The van der Waals surface area contributed by atoms with Crippen molar-refractivity contribution < 1.29 is 22.1 Å². The van der Waals surface area contributed by atoms with Gasteiger partial charge in [-0.2, -0.15) is 0 Å². The Morgan fingerprint density at radius 2 is 1.85 bits per heavy atom. The molecule has 8 heteroatoms. The number of para-hydroxylation sites is 1. The highest BCUT2D eigenvalue weighted by molar-refractivity contribution is 7.92. The molecule has 0 fully saturated rings. The van der Waals surface area contributed by atoms with Crippen LogP contribution in [0.1, 0.15) is 11.5 Å². The number of furan rings is 1. The van der Waals surface area contributed by atoms with Gasteiger partial charge in [-0.3, -0.25) is 4.72 Å². The minimum atomic E-state index is -3.89. The number of anilines is 1. The van der Waals surface area contributed by atoms with Gasteiger partial charge in [0.15, 0.2) is 10.7 Å².